The van der Waals surface area contributed by atoms with Crippen LogP contribution in [0.15, 0.2) is 5.16 Å². The molecule has 0 bridgehead atoms. The van der Waals surface area contributed by atoms with Gasteiger partial charge in [0.05, 0.1) is 6.04 Å². The van der Waals surface area contributed by atoms with Crippen LogP contribution in [-0.4, -0.2) is 35.1 Å². The van der Waals surface area contributed by atoms with Crippen molar-refractivity contribution in [3.8, 4) is 0 Å². The lowest BCUT2D eigenvalue weighted by molar-refractivity contribution is 0.274. The van der Waals surface area contributed by atoms with Crippen LogP contribution in [0.2, 0.25) is 0 Å². The Bertz CT molecular complexity index is 225. The highest BCUT2D eigenvalue weighted by atomic mass is 16.4. The molecular formula is C10H19N3O. The minimum atomic E-state index is 0.193. The summed E-state index contributed by atoms with van der Waals surface area (Å²) in [5.74, 6) is 1.35. The number of amidine groups is 1. The third-order valence-electron chi connectivity index (χ3n) is 3.34. The number of rotatable bonds is 4. The normalized spacial score (nSPS) is 29.7. The summed E-state index contributed by atoms with van der Waals surface area (Å²) in [7, 11) is 0. The lowest BCUT2D eigenvalue weighted by atomic mass is 10.2. The monoisotopic (exact) mass is 197 g/mol. The molecule has 1 saturated carbocycles. The summed E-state index contributed by atoms with van der Waals surface area (Å²) in [6.07, 6.45) is 6.31. The molecule has 1 saturated heterocycles. The zero-order valence-corrected chi connectivity index (χ0v) is 8.52. The molecule has 2 rings (SSSR count). The van der Waals surface area contributed by atoms with Gasteiger partial charge in [0.25, 0.3) is 0 Å². The summed E-state index contributed by atoms with van der Waals surface area (Å²) >= 11 is 0. The van der Waals surface area contributed by atoms with E-state index >= 15 is 0 Å². The van der Waals surface area contributed by atoms with E-state index in [0.29, 0.717) is 5.84 Å². The molecular weight excluding hydrogens is 178 g/mol. The summed E-state index contributed by atoms with van der Waals surface area (Å²) in [5.41, 5.74) is 5.65. The van der Waals surface area contributed by atoms with Gasteiger partial charge in [-0.15, -0.1) is 0 Å². The first-order valence-electron chi connectivity index (χ1n) is 5.52. The molecule has 1 heterocycles. The van der Waals surface area contributed by atoms with Gasteiger partial charge < -0.3 is 10.9 Å². The number of oxime groups is 1. The van der Waals surface area contributed by atoms with E-state index in [4.69, 9.17) is 10.9 Å². The maximum Gasteiger partial charge on any atom is 0.156 e. The van der Waals surface area contributed by atoms with Crippen molar-refractivity contribution in [2.75, 3.05) is 13.1 Å². The minimum Gasteiger partial charge on any atom is -0.409 e. The number of nitrogens with two attached hydrogens (primary N) is 1. The van der Waals surface area contributed by atoms with Gasteiger partial charge in [-0.2, -0.15) is 0 Å². The first-order valence-corrected chi connectivity index (χ1v) is 5.52. The number of likely N-dealkylation sites (tertiary alicyclic amines) is 1. The Balaban J connectivity index is 1.82. The van der Waals surface area contributed by atoms with Crippen molar-refractivity contribution in [3.63, 3.8) is 0 Å². The minimum absolute atomic E-state index is 0.193. The Labute approximate surface area is 84.8 Å². The Morgan fingerprint density at radius 2 is 2.21 bits per heavy atom. The molecule has 0 spiro atoms. The van der Waals surface area contributed by atoms with E-state index in [-0.39, 0.29) is 6.04 Å². The van der Waals surface area contributed by atoms with Crippen molar-refractivity contribution < 1.29 is 5.21 Å². The maximum absolute atomic E-state index is 8.64. The second kappa shape index (κ2) is 4.17. The van der Waals surface area contributed by atoms with E-state index in [1.165, 1.54) is 25.7 Å². The Morgan fingerprint density at radius 1 is 1.43 bits per heavy atom. The SMILES string of the molecule is NC(=NO)C1CCCN1CCC1CC1. The summed E-state index contributed by atoms with van der Waals surface area (Å²) in [4.78, 5) is 2.35. The highest BCUT2D eigenvalue weighted by Gasteiger charge is 2.29. The van der Waals surface area contributed by atoms with Gasteiger partial charge in [0.15, 0.2) is 5.84 Å². The lowest BCUT2D eigenvalue weighted by Crippen LogP contribution is -2.41. The molecule has 1 aliphatic heterocycles. The van der Waals surface area contributed by atoms with Crippen LogP contribution >= 0.6 is 0 Å². The van der Waals surface area contributed by atoms with Crippen LogP contribution in [0.5, 0.6) is 0 Å². The van der Waals surface area contributed by atoms with Gasteiger partial charge in [-0.3, -0.25) is 4.90 Å². The molecule has 1 atom stereocenters. The van der Waals surface area contributed by atoms with Gasteiger partial charge in [-0.1, -0.05) is 18.0 Å². The van der Waals surface area contributed by atoms with Gasteiger partial charge in [0.1, 0.15) is 0 Å². The van der Waals surface area contributed by atoms with E-state index < -0.39 is 0 Å². The largest absolute Gasteiger partial charge is 0.409 e. The van der Waals surface area contributed by atoms with E-state index in [1.807, 2.05) is 0 Å². The maximum atomic E-state index is 8.64. The van der Waals surface area contributed by atoms with Crippen LogP contribution in [0.1, 0.15) is 32.1 Å². The predicted molar refractivity (Wildman–Crippen MR) is 55.3 cm³/mol. The zero-order chi connectivity index (χ0) is 9.97. The molecule has 80 valence electrons. The first kappa shape index (κ1) is 9.77. The molecule has 2 aliphatic rings. The van der Waals surface area contributed by atoms with Crippen LogP contribution in [0, 0.1) is 5.92 Å². The third-order valence-corrected chi connectivity index (χ3v) is 3.34. The van der Waals surface area contributed by atoms with Crippen molar-refractivity contribution in [2.24, 2.45) is 16.8 Å². The molecule has 4 nitrogen and oxygen atoms in total. The highest BCUT2D eigenvalue weighted by molar-refractivity contribution is 5.85. The van der Waals surface area contributed by atoms with E-state index in [0.717, 1.165) is 25.4 Å². The summed E-state index contributed by atoms with van der Waals surface area (Å²) < 4.78 is 0. The van der Waals surface area contributed by atoms with Crippen LogP contribution in [-0.2, 0) is 0 Å². The summed E-state index contributed by atoms with van der Waals surface area (Å²) in [6.45, 7) is 2.22. The van der Waals surface area contributed by atoms with Crippen molar-refractivity contribution in [1.29, 1.82) is 0 Å². The predicted octanol–water partition coefficient (Wildman–Crippen LogP) is 0.997. The van der Waals surface area contributed by atoms with E-state index in [2.05, 4.69) is 10.1 Å². The number of hydrogen-bond acceptors (Lipinski definition) is 3. The molecule has 3 N–H and O–H groups in total. The second-order valence-electron chi connectivity index (χ2n) is 4.45. The zero-order valence-electron chi connectivity index (χ0n) is 8.52. The average Bonchev–Trinajstić information content (AvgIpc) is 2.92. The fourth-order valence-electron chi connectivity index (χ4n) is 2.25. The number of nitrogens with zero attached hydrogens (tertiary/aromatic N) is 2. The molecule has 0 aromatic carbocycles. The van der Waals surface area contributed by atoms with Gasteiger partial charge >= 0.3 is 0 Å². The van der Waals surface area contributed by atoms with Crippen molar-refractivity contribution in [2.45, 2.75) is 38.1 Å². The van der Waals surface area contributed by atoms with Gasteiger partial charge in [-0.25, -0.2) is 0 Å². The van der Waals surface area contributed by atoms with Crippen molar-refractivity contribution in [1.82, 2.24) is 4.90 Å². The lowest BCUT2D eigenvalue weighted by Gasteiger charge is -2.22. The summed E-state index contributed by atoms with van der Waals surface area (Å²) in [5, 5.41) is 11.8. The fraction of sp³-hybridized carbons (Fsp3) is 0.900. The molecule has 1 aliphatic carbocycles. The molecule has 0 amide bonds. The Kier molecular flexibility index (Phi) is 2.91. The second-order valence-corrected chi connectivity index (χ2v) is 4.45. The van der Waals surface area contributed by atoms with Gasteiger partial charge in [-0.05, 0) is 38.3 Å². The van der Waals surface area contributed by atoms with Crippen molar-refractivity contribution in [3.05, 3.63) is 0 Å². The molecule has 2 fully saturated rings. The third kappa shape index (κ3) is 2.18. The summed E-state index contributed by atoms with van der Waals surface area (Å²) in [6, 6.07) is 0.193. The molecule has 4 heteroatoms. The van der Waals surface area contributed by atoms with Crippen LogP contribution in [0.3, 0.4) is 0 Å². The van der Waals surface area contributed by atoms with Crippen molar-refractivity contribution >= 4 is 5.84 Å². The van der Waals surface area contributed by atoms with Gasteiger partial charge in [0, 0.05) is 0 Å². The highest BCUT2D eigenvalue weighted by Crippen LogP contribution is 2.33. The molecule has 14 heavy (non-hydrogen) atoms. The fourth-order valence-corrected chi connectivity index (χ4v) is 2.25. The smallest absolute Gasteiger partial charge is 0.156 e. The molecule has 1 unspecified atom stereocenters. The standard InChI is InChI=1S/C10H19N3O/c11-10(12-14)9-2-1-6-13(9)7-5-8-3-4-8/h8-9,14H,1-7H2,(H2,11,12). The quantitative estimate of drug-likeness (QED) is 0.306. The first-order chi connectivity index (χ1) is 6.81. The Morgan fingerprint density at radius 3 is 2.86 bits per heavy atom. The molecule has 0 radical (unpaired) electrons. The number of hydrogen-bond donors (Lipinski definition) is 2. The average molecular weight is 197 g/mol. The molecule has 0 aromatic rings. The van der Waals surface area contributed by atoms with Gasteiger partial charge in [0.2, 0.25) is 0 Å². The van der Waals surface area contributed by atoms with E-state index in [9.17, 15) is 0 Å². The van der Waals surface area contributed by atoms with Crippen LogP contribution < -0.4 is 5.73 Å². The molecule has 0 aromatic heterocycles. The topological polar surface area (TPSA) is 61.9 Å². The Hall–Kier alpha value is -0.770. The van der Waals surface area contributed by atoms with E-state index in [1.54, 1.807) is 0 Å². The van der Waals surface area contributed by atoms with Crippen LogP contribution in [0.25, 0.3) is 0 Å². The van der Waals surface area contributed by atoms with Crippen LogP contribution in [0.4, 0.5) is 0 Å².